The molecule has 1 saturated heterocycles. The SMILES string of the molecule is CCc1ccc(CNC(=O)C2CNCC2C)cc1. The van der Waals surface area contributed by atoms with Crippen LogP contribution in [0.1, 0.15) is 25.0 Å². The first kappa shape index (κ1) is 13.1. The second-order valence-electron chi connectivity index (χ2n) is 5.13. The van der Waals surface area contributed by atoms with Gasteiger partial charge >= 0.3 is 0 Å². The van der Waals surface area contributed by atoms with Crippen LogP contribution in [0, 0.1) is 11.8 Å². The van der Waals surface area contributed by atoms with E-state index in [1.165, 1.54) is 11.1 Å². The van der Waals surface area contributed by atoms with Gasteiger partial charge in [0.25, 0.3) is 0 Å². The normalized spacial score (nSPS) is 23.0. The second kappa shape index (κ2) is 6.01. The molecule has 2 N–H and O–H groups in total. The third-order valence-electron chi connectivity index (χ3n) is 3.75. The molecule has 1 heterocycles. The molecule has 3 heteroatoms. The molecule has 2 unspecified atom stereocenters. The third-order valence-corrected chi connectivity index (χ3v) is 3.75. The molecule has 0 aliphatic carbocycles. The summed E-state index contributed by atoms with van der Waals surface area (Å²) in [4.78, 5) is 12.0. The molecule has 0 spiro atoms. The number of aryl methyl sites for hydroxylation is 1. The van der Waals surface area contributed by atoms with Crippen LogP contribution in [0.15, 0.2) is 24.3 Å². The molecule has 0 aromatic heterocycles. The molecule has 3 nitrogen and oxygen atoms in total. The van der Waals surface area contributed by atoms with Gasteiger partial charge in [-0.15, -0.1) is 0 Å². The number of hydrogen-bond acceptors (Lipinski definition) is 2. The Balaban J connectivity index is 1.85. The van der Waals surface area contributed by atoms with Crippen LogP contribution in [-0.2, 0) is 17.8 Å². The predicted octanol–water partition coefficient (Wildman–Crippen LogP) is 1.72. The molecule has 0 saturated carbocycles. The van der Waals surface area contributed by atoms with E-state index in [9.17, 15) is 4.79 Å². The molecular weight excluding hydrogens is 224 g/mol. The van der Waals surface area contributed by atoms with Crippen molar-refractivity contribution in [1.82, 2.24) is 10.6 Å². The van der Waals surface area contributed by atoms with E-state index in [1.807, 2.05) is 0 Å². The minimum atomic E-state index is 0.125. The topological polar surface area (TPSA) is 41.1 Å². The fraction of sp³-hybridized carbons (Fsp3) is 0.533. The minimum Gasteiger partial charge on any atom is -0.352 e. The van der Waals surface area contributed by atoms with Gasteiger partial charge in [-0.05, 0) is 30.0 Å². The van der Waals surface area contributed by atoms with Gasteiger partial charge in [-0.2, -0.15) is 0 Å². The summed E-state index contributed by atoms with van der Waals surface area (Å²) in [6.07, 6.45) is 1.05. The fourth-order valence-electron chi connectivity index (χ4n) is 2.37. The molecular formula is C15H22N2O. The average molecular weight is 246 g/mol. The van der Waals surface area contributed by atoms with E-state index >= 15 is 0 Å². The van der Waals surface area contributed by atoms with E-state index in [0.717, 1.165) is 19.5 Å². The van der Waals surface area contributed by atoms with Crippen LogP contribution in [0.3, 0.4) is 0 Å². The maximum atomic E-state index is 12.0. The van der Waals surface area contributed by atoms with Gasteiger partial charge in [0.2, 0.25) is 5.91 Å². The molecule has 1 aromatic rings. The number of hydrogen-bond donors (Lipinski definition) is 2. The van der Waals surface area contributed by atoms with Gasteiger partial charge in [0.15, 0.2) is 0 Å². The Morgan fingerprint density at radius 2 is 1.94 bits per heavy atom. The largest absolute Gasteiger partial charge is 0.352 e. The highest BCUT2D eigenvalue weighted by Crippen LogP contribution is 2.16. The first-order valence-electron chi connectivity index (χ1n) is 6.77. The van der Waals surface area contributed by atoms with E-state index in [2.05, 4.69) is 48.7 Å². The van der Waals surface area contributed by atoms with Gasteiger partial charge in [-0.25, -0.2) is 0 Å². The zero-order valence-corrected chi connectivity index (χ0v) is 11.2. The van der Waals surface area contributed by atoms with Crippen molar-refractivity contribution in [1.29, 1.82) is 0 Å². The Bertz CT molecular complexity index is 399. The third kappa shape index (κ3) is 3.10. The first-order valence-corrected chi connectivity index (χ1v) is 6.77. The zero-order chi connectivity index (χ0) is 13.0. The van der Waals surface area contributed by atoms with Crippen molar-refractivity contribution in [2.75, 3.05) is 13.1 Å². The Morgan fingerprint density at radius 3 is 2.50 bits per heavy atom. The lowest BCUT2D eigenvalue weighted by Gasteiger charge is -2.14. The summed E-state index contributed by atoms with van der Waals surface area (Å²) in [5.74, 6) is 0.736. The van der Waals surface area contributed by atoms with Crippen LogP contribution in [-0.4, -0.2) is 19.0 Å². The highest BCUT2D eigenvalue weighted by molar-refractivity contribution is 5.79. The van der Waals surface area contributed by atoms with Crippen LogP contribution >= 0.6 is 0 Å². The van der Waals surface area contributed by atoms with Gasteiger partial charge in [0.1, 0.15) is 0 Å². The zero-order valence-electron chi connectivity index (χ0n) is 11.2. The molecule has 98 valence electrons. The summed E-state index contributed by atoms with van der Waals surface area (Å²) < 4.78 is 0. The Labute approximate surface area is 109 Å². The molecule has 1 aliphatic rings. The quantitative estimate of drug-likeness (QED) is 0.849. The predicted molar refractivity (Wildman–Crippen MR) is 73.2 cm³/mol. The standard InChI is InChI=1S/C15H22N2O/c1-3-12-4-6-13(7-5-12)9-17-15(18)14-10-16-8-11(14)2/h4-7,11,14,16H,3,8-10H2,1-2H3,(H,17,18). The smallest absolute Gasteiger partial charge is 0.224 e. The Hall–Kier alpha value is -1.35. The number of carbonyl (C=O) groups excluding carboxylic acids is 1. The van der Waals surface area contributed by atoms with Crippen molar-refractivity contribution in [3.8, 4) is 0 Å². The highest BCUT2D eigenvalue weighted by Gasteiger charge is 2.29. The van der Waals surface area contributed by atoms with Crippen molar-refractivity contribution in [3.63, 3.8) is 0 Å². The fourth-order valence-corrected chi connectivity index (χ4v) is 2.37. The van der Waals surface area contributed by atoms with Crippen molar-refractivity contribution in [2.45, 2.75) is 26.8 Å². The Morgan fingerprint density at radius 1 is 1.28 bits per heavy atom. The molecule has 18 heavy (non-hydrogen) atoms. The minimum absolute atomic E-state index is 0.125. The number of carbonyl (C=O) groups is 1. The number of nitrogens with one attached hydrogen (secondary N) is 2. The van der Waals surface area contributed by atoms with Crippen LogP contribution in [0.4, 0.5) is 0 Å². The lowest BCUT2D eigenvalue weighted by atomic mass is 9.97. The number of rotatable bonds is 4. The molecule has 1 fully saturated rings. The van der Waals surface area contributed by atoms with Gasteiger partial charge in [0.05, 0.1) is 5.92 Å². The summed E-state index contributed by atoms with van der Waals surface area (Å²) >= 11 is 0. The van der Waals surface area contributed by atoms with E-state index in [-0.39, 0.29) is 11.8 Å². The van der Waals surface area contributed by atoms with Crippen molar-refractivity contribution < 1.29 is 4.79 Å². The molecule has 2 atom stereocenters. The lowest BCUT2D eigenvalue weighted by Crippen LogP contribution is -2.33. The highest BCUT2D eigenvalue weighted by atomic mass is 16.1. The van der Waals surface area contributed by atoms with Crippen LogP contribution in [0.25, 0.3) is 0 Å². The van der Waals surface area contributed by atoms with Gasteiger partial charge in [-0.1, -0.05) is 38.1 Å². The summed E-state index contributed by atoms with van der Waals surface area (Å²) in [5.41, 5.74) is 2.50. The molecule has 1 aromatic carbocycles. The van der Waals surface area contributed by atoms with Crippen LogP contribution in [0.5, 0.6) is 0 Å². The molecule has 1 aliphatic heterocycles. The van der Waals surface area contributed by atoms with Gasteiger partial charge in [-0.3, -0.25) is 4.79 Å². The molecule has 0 bridgehead atoms. The second-order valence-corrected chi connectivity index (χ2v) is 5.13. The summed E-state index contributed by atoms with van der Waals surface area (Å²) in [7, 11) is 0. The van der Waals surface area contributed by atoms with E-state index in [0.29, 0.717) is 12.5 Å². The van der Waals surface area contributed by atoms with E-state index in [4.69, 9.17) is 0 Å². The van der Waals surface area contributed by atoms with Gasteiger partial charge in [0, 0.05) is 13.1 Å². The summed E-state index contributed by atoms with van der Waals surface area (Å²) in [6.45, 7) is 6.66. The molecule has 0 radical (unpaired) electrons. The average Bonchev–Trinajstić information content (AvgIpc) is 2.83. The van der Waals surface area contributed by atoms with E-state index < -0.39 is 0 Å². The van der Waals surface area contributed by atoms with Crippen LogP contribution in [0.2, 0.25) is 0 Å². The first-order chi connectivity index (χ1) is 8.70. The maximum Gasteiger partial charge on any atom is 0.224 e. The van der Waals surface area contributed by atoms with E-state index in [1.54, 1.807) is 0 Å². The van der Waals surface area contributed by atoms with Gasteiger partial charge < -0.3 is 10.6 Å². The maximum absolute atomic E-state index is 12.0. The Kier molecular flexibility index (Phi) is 4.37. The molecule has 2 rings (SSSR count). The summed E-state index contributed by atoms with van der Waals surface area (Å²) in [6, 6.07) is 8.44. The monoisotopic (exact) mass is 246 g/mol. The lowest BCUT2D eigenvalue weighted by molar-refractivity contribution is -0.125. The van der Waals surface area contributed by atoms with Crippen molar-refractivity contribution >= 4 is 5.91 Å². The van der Waals surface area contributed by atoms with Crippen molar-refractivity contribution in [2.24, 2.45) is 11.8 Å². The molecule has 1 amide bonds. The summed E-state index contributed by atoms with van der Waals surface area (Å²) in [5, 5.41) is 6.29. The van der Waals surface area contributed by atoms with Crippen LogP contribution < -0.4 is 10.6 Å². The number of amides is 1. The number of benzene rings is 1. The van der Waals surface area contributed by atoms with Crippen molar-refractivity contribution in [3.05, 3.63) is 35.4 Å².